The maximum atomic E-state index is 13.3. The molecule has 0 radical (unpaired) electrons. The highest BCUT2D eigenvalue weighted by Gasteiger charge is 2.18. The van der Waals surface area contributed by atoms with Crippen molar-refractivity contribution in [3.8, 4) is 11.4 Å². The molecule has 8 nitrogen and oxygen atoms in total. The van der Waals surface area contributed by atoms with Crippen molar-refractivity contribution in [1.82, 2.24) is 14.5 Å². The molecular formula is C21H23N3O5. The summed E-state index contributed by atoms with van der Waals surface area (Å²) in [6, 6.07) is 12.0. The number of methoxy groups -OCH3 is 2. The molecule has 1 heterocycles. The summed E-state index contributed by atoms with van der Waals surface area (Å²) in [5.41, 5.74) is 0.517. The first-order chi connectivity index (χ1) is 14.0. The number of nitrogens with zero attached hydrogens (tertiary/aromatic N) is 2. The fourth-order valence-corrected chi connectivity index (χ4v) is 3.16. The molecule has 0 atom stereocenters. The van der Waals surface area contributed by atoms with Crippen molar-refractivity contribution in [2.45, 2.75) is 13.5 Å². The van der Waals surface area contributed by atoms with Gasteiger partial charge in [-0.15, -0.1) is 0 Å². The third-order valence-electron chi connectivity index (χ3n) is 4.55. The highest BCUT2D eigenvalue weighted by molar-refractivity contribution is 5.82. The van der Waals surface area contributed by atoms with Crippen LogP contribution < -0.4 is 21.3 Å². The number of rotatable bonds is 7. The number of benzene rings is 2. The molecule has 0 unspecified atom stereocenters. The third kappa shape index (κ3) is 4.07. The van der Waals surface area contributed by atoms with E-state index in [1.165, 1.54) is 18.8 Å². The van der Waals surface area contributed by atoms with Crippen LogP contribution in [0.25, 0.3) is 16.6 Å². The van der Waals surface area contributed by atoms with Crippen molar-refractivity contribution in [2.75, 3.05) is 27.4 Å². The Hall–Kier alpha value is -3.39. The Balaban J connectivity index is 2.24. The first kappa shape index (κ1) is 20.3. The molecule has 0 saturated heterocycles. The number of aromatic nitrogens is 2. The van der Waals surface area contributed by atoms with E-state index in [-0.39, 0.29) is 12.5 Å². The minimum atomic E-state index is -0.613. The molecule has 8 heteroatoms. The number of hydrogen-bond donors (Lipinski definition) is 1. The first-order valence-corrected chi connectivity index (χ1v) is 9.13. The smallest absolute Gasteiger partial charge is 0.336 e. The third-order valence-corrected chi connectivity index (χ3v) is 4.55. The molecule has 0 aliphatic heterocycles. The summed E-state index contributed by atoms with van der Waals surface area (Å²) < 4.78 is 12.6. The Morgan fingerprint density at radius 3 is 2.59 bits per heavy atom. The maximum Gasteiger partial charge on any atom is 0.336 e. The summed E-state index contributed by atoms with van der Waals surface area (Å²) in [6.07, 6.45) is 0. The van der Waals surface area contributed by atoms with E-state index in [1.54, 1.807) is 42.5 Å². The lowest BCUT2D eigenvalue weighted by atomic mass is 10.1. The van der Waals surface area contributed by atoms with E-state index in [1.807, 2.05) is 6.92 Å². The number of fused-ring (bicyclic) bond motifs is 1. The number of para-hydroxylation sites is 2. The topological polar surface area (TPSA) is 91.6 Å². The first-order valence-electron chi connectivity index (χ1n) is 9.13. The van der Waals surface area contributed by atoms with Crippen LogP contribution in [0.1, 0.15) is 5.56 Å². The van der Waals surface area contributed by atoms with Gasteiger partial charge in [-0.1, -0.05) is 23.8 Å². The Bertz CT molecular complexity index is 1160. The predicted octanol–water partition coefficient (Wildman–Crippen LogP) is 1.23. The average Bonchev–Trinajstić information content (AvgIpc) is 2.72. The summed E-state index contributed by atoms with van der Waals surface area (Å²) in [6.45, 7) is 2.32. The van der Waals surface area contributed by atoms with Crippen LogP contribution in [0, 0.1) is 6.92 Å². The van der Waals surface area contributed by atoms with Crippen molar-refractivity contribution in [3.63, 3.8) is 0 Å². The van der Waals surface area contributed by atoms with E-state index in [0.29, 0.717) is 35.5 Å². The van der Waals surface area contributed by atoms with Gasteiger partial charge in [-0.3, -0.25) is 14.2 Å². The average molecular weight is 397 g/mol. The normalized spacial score (nSPS) is 10.9. The van der Waals surface area contributed by atoms with Crippen molar-refractivity contribution in [2.24, 2.45) is 0 Å². The van der Waals surface area contributed by atoms with Crippen LogP contribution in [0.15, 0.2) is 52.1 Å². The van der Waals surface area contributed by atoms with Gasteiger partial charge in [0.05, 0.1) is 30.3 Å². The van der Waals surface area contributed by atoms with Crippen LogP contribution in [-0.4, -0.2) is 42.4 Å². The van der Waals surface area contributed by atoms with Gasteiger partial charge in [-0.2, -0.15) is 0 Å². The van der Waals surface area contributed by atoms with E-state index in [2.05, 4.69) is 5.32 Å². The summed E-state index contributed by atoms with van der Waals surface area (Å²) in [4.78, 5) is 38.9. The molecule has 0 saturated carbocycles. The predicted molar refractivity (Wildman–Crippen MR) is 110 cm³/mol. The molecular weight excluding hydrogens is 374 g/mol. The summed E-state index contributed by atoms with van der Waals surface area (Å²) in [5.74, 6) is 0.0334. The van der Waals surface area contributed by atoms with E-state index < -0.39 is 11.2 Å². The van der Waals surface area contributed by atoms with E-state index in [4.69, 9.17) is 9.47 Å². The number of amides is 1. The van der Waals surface area contributed by atoms with Crippen LogP contribution in [0.4, 0.5) is 0 Å². The number of hydrogen-bond acceptors (Lipinski definition) is 5. The van der Waals surface area contributed by atoms with Gasteiger partial charge in [-0.05, 0) is 31.2 Å². The minimum absolute atomic E-state index is 0.225. The molecule has 152 valence electrons. The lowest BCUT2D eigenvalue weighted by molar-refractivity contribution is -0.121. The van der Waals surface area contributed by atoms with Gasteiger partial charge in [-0.25, -0.2) is 9.36 Å². The molecule has 0 aliphatic carbocycles. The zero-order valence-electron chi connectivity index (χ0n) is 16.6. The second-order valence-corrected chi connectivity index (χ2v) is 6.54. The highest BCUT2D eigenvalue weighted by atomic mass is 16.5. The molecule has 1 amide bonds. The fourth-order valence-electron chi connectivity index (χ4n) is 3.16. The Kier molecular flexibility index (Phi) is 6.13. The molecule has 1 aromatic heterocycles. The summed E-state index contributed by atoms with van der Waals surface area (Å²) in [5, 5.41) is 3.04. The van der Waals surface area contributed by atoms with Crippen molar-refractivity contribution < 1.29 is 14.3 Å². The number of carbonyl (C=O) groups is 1. The quantitative estimate of drug-likeness (QED) is 0.606. The van der Waals surface area contributed by atoms with Gasteiger partial charge >= 0.3 is 5.69 Å². The number of carbonyl (C=O) groups excluding carboxylic acids is 1. The van der Waals surface area contributed by atoms with Crippen LogP contribution in [0.5, 0.6) is 5.75 Å². The minimum Gasteiger partial charge on any atom is -0.495 e. The Labute approximate surface area is 167 Å². The number of nitrogens with one attached hydrogen (secondary N) is 1. The standard InChI is InChI=1S/C21H23N3O5/c1-14-8-9-16-15(12-14)20(26)24(17-6-4-5-7-18(17)29-3)21(27)23(16)13-19(25)22-10-11-28-2/h4-9,12H,10-11,13H2,1-3H3,(H,22,25). The second kappa shape index (κ2) is 8.74. The molecule has 2 aromatic carbocycles. The molecule has 0 bridgehead atoms. The molecule has 0 fully saturated rings. The molecule has 0 aliphatic rings. The van der Waals surface area contributed by atoms with Gasteiger partial charge in [0.25, 0.3) is 5.56 Å². The molecule has 29 heavy (non-hydrogen) atoms. The fraction of sp³-hybridized carbons (Fsp3) is 0.286. The molecule has 3 aromatic rings. The molecule has 0 spiro atoms. The number of aryl methyl sites for hydroxylation is 1. The zero-order chi connectivity index (χ0) is 21.0. The maximum absolute atomic E-state index is 13.3. The summed E-state index contributed by atoms with van der Waals surface area (Å²) in [7, 11) is 3.01. The van der Waals surface area contributed by atoms with Gasteiger partial charge in [0.15, 0.2) is 0 Å². The van der Waals surface area contributed by atoms with Crippen molar-refractivity contribution in [1.29, 1.82) is 0 Å². The second-order valence-electron chi connectivity index (χ2n) is 6.54. The largest absolute Gasteiger partial charge is 0.495 e. The molecule has 1 N–H and O–H groups in total. The van der Waals surface area contributed by atoms with Gasteiger partial charge in [0, 0.05) is 13.7 Å². The van der Waals surface area contributed by atoms with E-state index in [0.717, 1.165) is 10.1 Å². The Morgan fingerprint density at radius 1 is 1.10 bits per heavy atom. The Morgan fingerprint density at radius 2 is 1.86 bits per heavy atom. The van der Waals surface area contributed by atoms with Crippen LogP contribution >= 0.6 is 0 Å². The summed E-state index contributed by atoms with van der Waals surface area (Å²) >= 11 is 0. The van der Waals surface area contributed by atoms with E-state index in [9.17, 15) is 14.4 Å². The highest BCUT2D eigenvalue weighted by Crippen LogP contribution is 2.20. The van der Waals surface area contributed by atoms with Gasteiger partial charge in [0.1, 0.15) is 12.3 Å². The lowest BCUT2D eigenvalue weighted by Gasteiger charge is -2.16. The van der Waals surface area contributed by atoms with Crippen LogP contribution in [-0.2, 0) is 16.1 Å². The SMILES string of the molecule is COCCNC(=O)Cn1c(=O)n(-c2ccccc2OC)c(=O)c2cc(C)ccc21. The lowest BCUT2D eigenvalue weighted by Crippen LogP contribution is -2.42. The van der Waals surface area contributed by atoms with Crippen molar-refractivity contribution >= 4 is 16.8 Å². The molecule has 3 rings (SSSR count). The van der Waals surface area contributed by atoms with Gasteiger partial charge in [0.2, 0.25) is 5.91 Å². The number of ether oxygens (including phenoxy) is 2. The monoisotopic (exact) mass is 397 g/mol. The zero-order valence-corrected chi connectivity index (χ0v) is 16.6. The van der Waals surface area contributed by atoms with E-state index >= 15 is 0 Å². The van der Waals surface area contributed by atoms with Crippen molar-refractivity contribution in [3.05, 3.63) is 68.9 Å². The van der Waals surface area contributed by atoms with Crippen LogP contribution in [0.2, 0.25) is 0 Å². The van der Waals surface area contributed by atoms with Crippen LogP contribution in [0.3, 0.4) is 0 Å². The van der Waals surface area contributed by atoms with Gasteiger partial charge < -0.3 is 14.8 Å².